The van der Waals surface area contributed by atoms with Crippen molar-refractivity contribution in [2.75, 3.05) is 11.9 Å². The molecule has 2 nitrogen and oxygen atoms in total. The molecule has 1 atom stereocenters. The second-order valence-corrected chi connectivity index (χ2v) is 5.84. The number of amides is 1. The fraction of sp³-hybridized carbons (Fsp3) is 0.235. The van der Waals surface area contributed by atoms with Crippen LogP contribution >= 0.6 is 11.6 Å². The third-order valence-electron chi connectivity index (χ3n) is 3.90. The van der Waals surface area contributed by atoms with Crippen LogP contribution in [0, 0.1) is 12.7 Å². The zero-order valence-corrected chi connectivity index (χ0v) is 12.6. The van der Waals surface area contributed by atoms with Crippen molar-refractivity contribution in [3.63, 3.8) is 0 Å². The molecule has 2 aromatic carbocycles. The Morgan fingerprint density at radius 2 is 2.00 bits per heavy atom. The van der Waals surface area contributed by atoms with Crippen LogP contribution in [0.1, 0.15) is 27.6 Å². The summed E-state index contributed by atoms with van der Waals surface area (Å²) in [5, 5.41) is -0.558. The molecule has 108 valence electrons. The van der Waals surface area contributed by atoms with Crippen molar-refractivity contribution >= 4 is 23.2 Å². The van der Waals surface area contributed by atoms with Crippen LogP contribution in [0.5, 0.6) is 0 Å². The number of anilines is 1. The predicted molar refractivity (Wildman–Crippen MR) is 82.4 cm³/mol. The molecule has 0 saturated carbocycles. The Bertz CT molecular complexity index is 729. The number of carbonyl (C=O) groups is 1. The fourth-order valence-electron chi connectivity index (χ4n) is 2.67. The van der Waals surface area contributed by atoms with Crippen molar-refractivity contribution < 1.29 is 9.18 Å². The van der Waals surface area contributed by atoms with Crippen LogP contribution in [0.4, 0.5) is 10.1 Å². The van der Waals surface area contributed by atoms with Gasteiger partial charge in [0.05, 0.1) is 11.8 Å². The van der Waals surface area contributed by atoms with Crippen LogP contribution in [0.3, 0.4) is 0 Å². The van der Waals surface area contributed by atoms with E-state index >= 15 is 0 Å². The Morgan fingerprint density at radius 3 is 2.71 bits per heavy atom. The molecule has 1 aliphatic heterocycles. The average molecular weight is 304 g/mol. The van der Waals surface area contributed by atoms with Gasteiger partial charge in [-0.2, -0.15) is 0 Å². The quantitative estimate of drug-likeness (QED) is 0.768. The Balaban J connectivity index is 1.98. The summed E-state index contributed by atoms with van der Waals surface area (Å²) in [7, 11) is 1.76. The normalized spacial score (nSPS) is 15.2. The molecule has 21 heavy (non-hydrogen) atoms. The molecule has 0 aliphatic carbocycles. The monoisotopic (exact) mass is 303 g/mol. The van der Waals surface area contributed by atoms with Gasteiger partial charge in [-0.25, -0.2) is 4.39 Å². The van der Waals surface area contributed by atoms with Crippen molar-refractivity contribution in [1.29, 1.82) is 0 Å². The Labute approximate surface area is 128 Å². The molecule has 1 aliphatic rings. The predicted octanol–water partition coefficient (Wildman–Crippen LogP) is 3.98. The molecule has 0 fully saturated rings. The molecule has 0 N–H and O–H groups in total. The van der Waals surface area contributed by atoms with Crippen molar-refractivity contribution in [3.8, 4) is 0 Å². The van der Waals surface area contributed by atoms with Crippen LogP contribution in [0.25, 0.3) is 0 Å². The van der Waals surface area contributed by atoms with Crippen LogP contribution < -0.4 is 4.90 Å². The van der Waals surface area contributed by atoms with E-state index in [0.717, 1.165) is 22.4 Å². The smallest absolute Gasteiger partial charge is 0.231 e. The number of nitrogens with zero attached hydrogens (tertiary/aromatic N) is 1. The molecule has 0 saturated heterocycles. The third kappa shape index (κ3) is 2.42. The molecule has 0 spiro atoms. The Kier molecular flexibility index (Phi) is 3.46. The van der Waals surface area contributed by atoms with Gasteiger partial charge in [0.15, 0.2) is 0 Å². The van der Waals surface area contributed by atoms with Gasteiger partial charge in [-0.1, -0.05) is 24.3 Å². The first-order valence-corrected chi connectivity index (χ1v) is 7.20. The average Bonchev–Trinajstić information content (AvgIpc) is 2.73. The number of benzene rings is 2. The number of carbonyl (C=O) groups excluding carboxylic acids is 1. The molecule has 1 heterocycles. The summed E-state index contributed by atoms with van der Waals surface area (Å²) in [5.74, 6) is -0.238. The molecular formula is C17H15ClFNO. The minimum absolute atomic E-state index is 0.0646. The molecule has 0 bridgehead atoms. The van der Waals surface area contributed by atoms with Gasteiger partial charge in [-0.3, -0.25) is 4.79 Å². The fourth-order valence-corrected chi connectivity index (χ4v) is 2.98. The van der Waals surface area contributed by atoms with Gasteiger partial charge in [0.2, 0.25) is 5.91 Å². The number of likely N-dealkylation sites (N-methyl/N-ethyl adjacent to an activating group) is 1. The molecule has 1 amide bonds. The Hall–Kier alpha value is -1.87. The summed E-state index contributed by atoms with van der Waals surface area (Å²) >= 11 is 6.43. The van der Waals surface area contributed by atoms with Crippen LogP contribution in [-0.4, -0.2) is 13.0 Å². The number of aryl methyl sites for hydroxylation is 1. The van der Waals surface area contributed by atoms with Crippen LogP contribution in [0.2, 0.25) is 0 Å². The van der Waals surface area contributed by atoms with Crippen LogP contribution in [-0.2, 0) is 11.2 Å². The standard InChI is InChI=1S/C17H15ClFNO/c1-10-3-5-13(14(19)7-10)17(18)11-4-6-15-12(8-11)9-16(21)20(15)2/h3-8,17H,9H2,1-2H3. The minimum Gasteiger partial charge on any atom is -0.315 e. The van der Waals surface area contributed by atoms with Crippen molar-refractivity contribution in [2.24, 2.45) is 0 Å². The first-order chi connectivity index (χ1) is 9.97. The molecule has 4 heteroatoms. The van der Waals surface area contributed by atoms with E-state index in [1.807, 2.05) is 31.2 Å². The summed E-state index contributed by atoms with van der Waals surface area (Å²) in [4.78, 5) is 13.3. The van der Waals surface area contributed by atoms with E-state index in [9.17, 15) is 9.18 Å². The maximum atomic E-state index is 14.0. The lowest BCUT2D eigenvalue weighted by atomic mass is 10.00. The summed E-state index contributed by atoms with van der Waals surface area (Å²) < 4.78 is 14.0. The molecule has 0 aromatic heterocycles. The zero-order chi connectivity index (χ0) is 15.1. The number of rotatable bonds is 2. The van der Waals surface area contributed by atoms with E-state index in [4.69, 9.17) is 11.6 Å². The molecule has 3 rings (SSSR count). The number of hydrogen-bond acceptors (Lipinski definition) is 1. The van der Waals surface area contributed by atoms with Gasteiger partial charge in [0, 0.05) is 18.3 Å². The second-order valence-electron chi connectivity index (χ2n) is 5.41. The number of alkyl halides is 1. The maximum absolute atomic E-state index is 14.0. The largest absolute Gasteiger partial charge is 0.315 e. The summed E-state index contributed by atoms with van der Waals surface area (Å²) in [6.07, 6.45) is 0.375. The highest BCUT2D eigenvalue weighted by Gasteiger charge is 2.25. The van der Waals surface area contributed by atoms with E-state index in [1.54, 1.807) is 18.0 Å². The van der Waals surface area contributed by atoms with Crippen LogP contribution in [0.15, 0.2) is 36.4 Å². The highest BCUT2D eigenvalue weighted by molar-refractivity contribution is 6.22. The number of hydrogen-bond donors (Lipinski definition) is 0. The highest BCUT2D eigenvalue weighted by Crippen LogP contribution is 2.35. The topological polar surface area (TPSA) is 20.3 Å². The van der Waals surface area contributed by atoms with Gasteiger partial charge >= 0.3 is 0 Å². The zero-order valence-electron chi connectivity index (χ0n) is 11.9. The molecular weight excluding hydrogens is 289 g/mol. The first kappa shape index (κ1) is 14.1. The molecule has 2 aromatic rings. The number of fused-ring (bicyclic) bond motifs is 1. The van der Waals surface area contributed by atoms with Gasteiger partial charge in [0.25, 0.3) is 0 Å². The maximum Gasteiger partial charge on any atom is 0.231 e. The first-order valence-electron chi connectivity index (χ1n) is 6.77. The summed E-state index contributed by atoms with van der Waals surface area (Å²) in [6, 6.07) is 10.7. The van der Waals surface area contributed by atoms with Gasteiger partial charge in [-0.05, 0) is 35.7 Å². The summed E-state index contributed by atoms with van der Waals surface area (Å²) in [6.45, 7) is 1.84. The lowest BCUT2D eigenvalue weighted by Crippen LogP contribution is -2.20. The lowest BCUT2D eigenvalue weighted by molar-refractivity contribution is -0.117. The Morgan fingerprint density at radius 1 is 1.24 bits per heavy atom. The van der Waals surface area contributed by atoms with Gasteiger partial charge in [-0.15, -0.1) is 11.6 Å². The van der Waals surface area contributed by atoms with Crippen molar-refractivity contribution in [3.05, 3.63) is 64.5 Å². The van der Waals surface area contributed by atoms with E-state index in [-0.39, 0.29) is 11.7 Å². The highest BCUT2D eigenvalue weighted by atomic mass is 35.5. The van der Waals surface area contributed by atoms with Crippen molar-refractivity contribution in [2.45, 2.75) is 18.7 Å². The lowest BCUT2D eigenvalue weighted by Gasteiger charge is -2.14. The minimum atomic E-state index is -0.558. The molecule has 0 radical (unpaired) electrons. The van der Waals surface area contributed by atoms with E-state index in [0.29, 0.717) is 12.0 Å². The second kappa shape index (κ2) is 5.15. The van der Waals surface area contributed by atoms with E-state index < -0.39 is 5.38 Å². The SMILES string of the molecule is Cc1ccc(C(Cl)c2ccc3c(c2)CC(=O)N3C)c(F)c1. The third-order valence-corrected chi connectivity index (χ3v) is 4.39. The van der Waals surface area contributed by atoms with Crippen molar-refractivity contribution in [1.82, 2.24) is 0 Å². The summed E-state index contributed by atoms with van der Waals surface area (Å²) in [5.41, 5.74) is 3.97. The van der Waals surface area contributed by atoms with E-state index in [1.165, 1.54) is 6.07 Å². The van der Waals surface area contributed by atoms with Gasteiger partial charge in [0.1, 0.15) is 5.82 Å². The van der Waals surface area contributed by atoms with Gasteiger partial charge < -0.3 is 4.90 Å². The molecule has 1 unspecified atom stereocenters. The van der Waals surface area contributed by atoms with E-state index in [2.05, 4.69) is 0 Å². The number of halogens is 2.